The third kappa shape index (κ3) is 4.63. The molecule has 0 radical (unpaired) electrons. The number of hydrogen-bond donors (Lipinski definition) is 0. The maximum Gasteiger partial charge on any atom is 0.238 e. The van der Waals surface area contributed by atoms with Crippen LogP contribution in [0.4, 0.5) is 5.69 Å². The molecular formula is C47H31N5. The zero-order chi connectivity index (χ0) is 34.5. The molecule has 52 heavy (non-hydrogen) atoms. The third-order valence-corrected chi connectivity index (χ3v) is 10.1. The minimum atomic E-state index is -0.682. The second-order valence-corrected chi connectivity index (χ2v) is 13.1. The molecule has 10 rings (SSSR count). The molecular weight excluding hydrogens is 635 g/mol. The standard InChI is InChI=1S/C47H31N5/c1-6-18-32(19-7-1)43-47(35-24-12-4-13-25-35,36-26-14-5-15-27-36)39-31-42-38(30-40(39)48-43)37-28-16-17-29-41(37)52(42)46-50-44(33-20-8-2-9-21-33)49-45(51-46)34-22-10-3-11-23-34/h1-31H. The number of aromatic nitrogens is 4. The maximum absolute atomic E-state index is 5.54. The summed E-state index contributed by atoms with van der Waals surface area (Å²) in [4.78, 5) is 20.9. The van der Waals surface area contributed by atoms with Gasteiger partial charge in [0.2, 0.25) is 5.95 Å². The molecule has 0 atom stereocenters. The zero-order valence-corrected chi connectivity index (χ0v) is 28.1. The fourth-order valence-corrected chi connectivity index (χ4v) is 7.85. The summed E-state index contributed by atoms with van der Waals surface area (Å²) < 4.78 is 2.20. The van der Waals surface area contributed by atoms with Gasteiger partial charge >= 0.3 is 0 Å². The van der Waals surface area contributed by atoms with Crippen LogP contribution in [-0.4, -0.2) is 25.2 Å². The van der Waals surface area contributed by atoms with E-state index in [-0.39, 0.29) is 0 Å². The Hall–Kier alpha value is -6.98. The first-order chi connectivity index (χ1) is 25.8. The van der Waals surface area contributed by atoms with E-state index in [1.165, 1.54) is 0 Å². The van der Waals surface area contributed by atoms with E-state index in [4.69, 9.17) is 19.9 Å². The summed E-state index contributed by atoms with van der Waals surface area (Å²) in [5.41, 5.74) is 9.66. The van der Waals surface area contributed by atoms with E-state index >= 15 is 0 Å². The van der Waals surface area contributed by atoms with Crippen LogP contribution in [0.1, 0.15) is 22.3 Å². The van der Waals surface area contributed by atoms with Crippen LogP contribution in [-0.2, 0) is 5.41 Å². The van der Waals surface area contributed by atoms with Crippen molar-refractivity contribution in [2.45, 2.75) is 5.41 Å². The Morgan fingerprint density at radius 2 is 0.885 bits per heavy atom. The molecule has 0 aliphatic carbocycles. The molecule has 9 aromatic rings. The molecule has 0 saturated heterocycles. The summed E-state index contributed by atoms with van der Waals surface area (Å²) in [6.07, 6.45) is 0. The van der Waals surface area contributed by atoms with Crippen LogP contribution >= 0.6 is 0 Å². The van der Waals surface area contributed by atoms with Crippen molar-refractivity contribution in [1.29, 1.82) is 0 Å². The molecule has 0 saturated carbocycles. The average Bonchev–Trinajstić information content (AvgIpc) is 3.74. The third-order valence-electron chi connectivity index (χ3n) is 10.1. The highest BCUT2D eigenvalue weighted by molar-refractivity contribution is 6.19. The smallest absolute Gasteiger partial charge is 0.238 e. The van der Waals surface area contributed by atoms with Gasteiger partial charge in [0.25, 0.3) is 0 Å². The molecule has 1 aliphatic heterocycles. The lowest BCUT2D eigenvalue weighted by molar-refractivity contribution is 0.851. The molecule has 0 unspecified atom stereocenters. The molecule has 5 nitrogen and oxygen atoms in total. The number of para-hydroxylation sites is 1. The van der Waals surface area contributed by atoms with Crippen LogP contribution in [0, 0.1) is 0 Å². The van der Waals surface area contributed by atoms with Crippen LogP contribution in [0.3, 0.4) is 0 Å². The lowest BCUT2D eigenvalue weighted by Gasteiger charge is -2.34. The van der Waals surface area contributed by atoms with Crippen molar-refractivity contribution in [3.8, 4) is 28.7 Å². The van der Waals surface area contributed by atoms with Gasteiger partial charge in [0.1, 0.15) is 0 Å². The Bertz CT molecular complexity index is 2660. The predicted molar refractivity (Wildman–Crippen MR) is 210 cm³/mol. The van der Waals surface area contributed by atoms with E-state index < -0.39 is 5.41 Å². The van der Waals surface area contributed by atoms with Crippen molar-refractivity contribution in [2.75, 3.05) is 0 Å². The number of fused-ring (bicyclic) bond motifs is 4. The molecule has 2 aromatic heterocycles. The highest BCUT2D eigenvalue weighted by atomic mass is 15.2. The van der Waals surface area contributed by atoms with Gasteiger partial charge in [-0.1, -0.05) is 170 Å². The zero-order valence-electron chi connectivity index (χ0n) is 28.1. The Kier molecular flexibility index (Phi) is 6.96. The van der Waals surface area contributed by atoms with Gasteiger partial charge in [-0.25, -0.2) is 4.98 Å². The fraction of sp³-hybridized carbons (Fsp3) is 0.0213. The van der Waals surface area contributed by atoms with Gasteiger partial charge in [-0.15, -0.1) is 0 Å². The first kappa shape index (κ1) is 29.9. The molecule has 0 spiro atoms. The lowest BCUT2D eigenvalue weighted by Crippen LogP contribution is -2.36. The molecule has 0 amide bonds. The monoisotopic (exact) mass is 665 g/mol. The van der Waals surface area contributed by atoms with Crippen molar-refractivity contribution in [3.05, 3.63) is 210 Å². The lowest BCUT2D eigenvalue weighted by atomic mass is 9.65. The Labute approximate surface area is 301 Å². The average molecular weight is 666 g/mol. The van der Waals surface area contributed by atoms with Gasteiger partial charge < -0.3 is 0 Å². The van der Waals surface area contributed by atoms with E-state index in [2.05, 4.69) is 132 Å². The van der Waals surface area contributed by atoms with E-state index in [1.807, 2.05) is 60.7 Å². The van der Waals surface area contributed by atoms with E-state index in [0.717, 1.165) is 66.6 Å². The molecule has 3 heterocycles. The van der Waals surface area contributed by atoms with Crippen LogP contribution in [0.25, 0.3) is 50.5 Å². The minimum absolute atomic E-state index is 0.561. The van der Waals surface area contributed by atoms with Crippen LogP contribution in [0.2, 0.25) is 0 Å². The molecule has 7 aromatic carbocycles. The Morgan fingerprint density at radius 3 is 1.44 bits per heavy atom. The van der Waals surface area contributed by atoms with Gasteiger partial charge in [0, 0.05) is 27.5 Å². The van der Waals surface area contributed by atoms with Crippen molar-refractivity contribution < 1.29 is 0 Å². The molecule has 0 fully saturated rings. The number of aliphatic imine (C=N–C) groups is 1. The minimum Gasteiger partial charge on any atom is -0.278 e. The first-order valence-electron chi connectivity index (χ1n) is 17.5. The second kappa shape index (κ2) is 12.1. The Balaban J connectivity index is 1.32. The summed E-state index contributed by atoms with van der Waals surface area (Å²) in [6, 6.07) is 65.5. The quantitative estimate of drug-likeness (QED) is 0.178. The summed E-state index contributed by atoms with van der Waals surface area (Å²) >= 11 is 0. The van der Waals surface area contributed by atoms with E-state index in [1.54, 1.807) is 0 Å². The van der Waals surface area contributed by atoms with Gasteiger partial charge in [-0.05, 0) is 34.9 Å². The van der Waals surface area contributed by atoms with Gasteiger partial charge in [0.05, 0.1) is 27.8 Å². The van der Waals surface area contributed by atoms with Gasteiger partial charge in [-0.2, -0.15) is 9.97 Å². The van der Waals surface area contributed by atoms with Crippen molar-refractivity contribution in [1.82, 2.24) is 19.5 Å². The number of hydrogen-bond acceptors (Lipinski definition) is 4. The second-order valence-electron chi connectivity index (χ2n) is 13.1. The van der Waals surface area contributed by atoms with Crippen LogP contribution in [0.5, 0.6) is 0 Å². The van der Waals surface area contributed by atoms with Crippen molar-refractivity contribution in [3.63, 3.8) is 0 Å². The largest absolute Gasteiger partial charge is 0.278 e. The number of rotatable bonds is 6. The SMILES string of the molecule is c1ccc(C2=Nc3cc4c5ccccc5n(-c5nc(-c6ccccc6)nc(-c6ccccc6)n5)c4cc3C2(c2ccccc2)c2ccccc2)cc1. The fourth-order valence-electron chi connectivity index (χ4n) is 7.85. The molecule has 0 N–H and O–H groups in total. The molecule has 244 valence electrons. The molecule has 1 aliphatic rings. The first-order valence-corrected chi connectivity index (χ1v) is 17.5. The topological polar surface area (TPSA) is 56.0 Å². The number of nitrogens with zero attached hydrogens (tertiary/aromatic N) is 5. The van der Waals surface area contributed by atoms with Crippen LogP contribution < -0.4 is 0 Å². The Morgan fingerprint density at radius 1 is 0.404 bits per heavy atom. The molecule has 0 bridgehead atoms. The highest BCUT2D eigenvalue weighted by Gasteiger charge is 2.47. The van der Waals surface area contributed by atoms with Crippen LogP contribution in [0.15, 0.2) is 193 Å². The number of benzene rings is 7. The summed E-state index contributed by atoms with van der Waals surface area (Å²) in [5, 5.41) is 2.20. The van der Waals surface area contributed by atoms with Gasteiger partial charge in [-0.3, -0.25) is 9.56 Å². The van der Waals surface area contributed by atoms with Crippen molar-refractivity contribution in [2.24, 2.45) is 4.99 Å². The summed E-state index contributed by atoms with van der Waals surface area (Å²) in [7, 11) is 0. The van der Waals surface area contributed by atoms with E-state index in [0.29, 0.717) is 17.6 Å². The predicted octanol–water partition coefficient (Wildman–Crippen LogP) is 10.8. The van der Waals surface area contributed by atoms with Crippen molar-refractivity contribution >= 4 is 33.2 Å². The summed E-state index contributed by atoms with van der Waals surface area (Å²) in [6.45, 7) is 0. The van der Waals surface area contributed by atoms with E-state index in [9.17, 15) is 0 Å². The highest BCUT2D eigenvalue weighted by Crippen LogP contribution is 2.53. The normalized spacial score (nSPS) is 13.3. The molecule has 5 heteroatoms. The summed E-state index contributed by atoms with van der Waals surface area (Å²) in [5.74, 6) is 1.80. The van der Waals surface area contributed by atoms with Gasteiger partial charge in [0.15, 0.2) is 11.6 Å². The maximum atomic E-state index is 5.54.